The number of alkyl halides is 1. The van der Waals surface area contributed by atoms with Crippen molar-refractivity contribution in [2.75, 3.05) is 13.2 Å². The van der Waals surface area contributed by atoms with Crippen LogP contribution in [0.3, 0.4) is 0 Å². The molecule has 3 fully saturated rings. The lowest BCUT2D eigenvalue weighted by Gasteiger charge is -2.61. The Hall–Kier alpha value is -2.36. The first-order chi connectivity index (χ1) is 17.5. The highest BCUT2D eigenvalue weighted by atomic mass is 19.1. The molecule has 0 heterocycles. The standard InChI is InChI=1S/C32H41FO3/c1-3-21-35-27-9-5-23(6-10-27)25-13-17-31(18-14-25)29(33)32(30(31)34)19-15-26(16-20-32)24-7-11-28(12-8-24)36-22-4-2/h5-12,25-26,29H,3-4,13-22H2,1-2H3. The lowest BCUT2D eigenvalue weighted by atomic mass is 9.41. The van der Waals surface area contributed by atoms with Crippen LogP contribution in [-0.2, 0) is 4.79 Å². The van der Waals surface area contributed by atoms with Crippen molar-refractivity contribution >= 4 is 5.78 Å². The Bertz CT molecular complexity index is 931. The highest BCUT2D eigenvalue weighted by Crippen LogP contribution is 2.66. The SMILES string of the molecule is CCCOc1ccc(C2CCC3(CC2)C(=O)C2(CCC(c4ccc(OCCC)cc4)CC2)C3F)cc1. The van der Waals surface area contributed by atoms with Crippen molar-refractivity contribution in [3.05, 3.63) is 59.7 Å². The zero-order valence-corrected chi connectivity index (χ0v) is 21.9. The van der Waals surface area contributed by atoms with E-state index in [1.165, 1.54) is 11.1 Å². The van der Waals surface area contributed by atoms with Gasteiger partial charge in [0, 0.05) is 0 Å². The molecule has 0 amide bonds. The number of ketones is 1. The van der Waals surface area contributed by atoms with Gasteiger partial charge in [-0.1, -0.05) is 38.1 Å². The molecule has 0 atom stereocenters. The molecular weight excluding hydrogens is 451 g/mol. The average Bonchev–Trinajstić information content (AvgIpc) is 2.95. The lowest BCUT2D eigenvalue weighted by Crippen LogP contribution is -2.69. The molecule has 4 heteroatoms. The van der Waals surface area contributed by atoms with Crippen LogP contribution in [0.4, 0.5) is 4.39 Å². The second-order valence-electron chi connectivity index (χ2n) is 11.4. The Kier molecular flexibility index (Phi) is 7.42. The third-order valence-electron chi connectivity index (χ3n) is 9.28. The van der Waals surface area contributed by atoms with Gasteiger partial charge in [-0.25, -0.2) is 4.39 Å². The van der Waals surface area contributed by atoms with E-state index in [-0.39, 0.29) is 5.78 Å². The summed E-state index contributed by atoms with van der Waals surface area (Å²) in [5.74, 6) is 2.87. The zero-order chi connectivity index (χ0) is 25.2. The summed E-state index contributed by atoms with van der Waals surface area (Å²) in [5, 5.41) is 0. The first-order valence-electron chi connectivity index (χ1n) is 14.2. The molecule has 5 rings (SSSR count). The van der Waals surface area contributed by atoms with Gasteiger partial charge in [-0.2, -0.15) is 0 Å². The van der Waals surface area contributed by atoms with Crippen molar-refractivity contribution in [2.45, 2.75) is 96.1 Å². The van der Waals surface area contributed by atoms with E-state index in [0.29, 0.717) is 37.5 Å². The van der Waals surface area contributed by atoms with Crippen LogP contribution in [0.15, 0.2) is 48.5 Å². The quantitative estimate of drug-likeness (QED) is 0.373. The van der Waals surface area contributed by atoms with E-state index in [4.69, 9.17) is 9.47 Å². The van der Waals surface area contributed by atoms with Crippen molar-refractivity contribution in [3.8, 4) is 11.5 Å². The Morgan fingerprint density at radius 1 is 0.694 bits per heavy atom. The van der Waals surface area contributed by atoms with Gasteiger partial charge in [-0.15, -0.1) is 0 Å². The van der Waals surface area contributed by atoms with E-state index < -0.39 is 17.0 Å². The second-order valence-corrected chi connectivity index (χ2v) is 11.4. The van der Waals surface area contributed by atoms with E-state index in [0.717, 1.165) is 63.2 Å². The largest absolute Gasteiger partial charge is 0.494 e. The number of rotatable bonds is 8. The maximum Gasteiger partial charge on any atom is 0.151 e. The predicted octanol–water partition coefficient (Wildman–Crippen LogP) is 8.17. The minimum atomic E-state index is -0.978. The van der Waals surface area contributed by atoms with E-state index in [1.807, 2.05) is 24.3 Å². The number of hydrogen-bond donors (Lipinski definition) is 0. The number of ether oxygens (including phenoxy) is 2. The molecular formula is C32H41FO3. The van der Waals surface area contributed by atoms with Crippen LogP contribution in [0.25, 0.3) is 0 Å². The Labute approximate surface area is 215 Å². The molecule has 36 heavy (non-hydrogen) atoms. The Balaban J connectivity index is 1.16. The van der Waals surface area contributed by atoms with Gasteiger partial charge in [0.1, 0.15) is 17.7 Å². The third kappa shape index (κ3) is 4.46. The molecule has 0 bridgehead atoms. The predicted molar refractivity (Wildman–Crippen MR) is 142 cm³/mol. The average molecular weight is 493 g/mol. The van der Waals surface area contributed by atoms with Crippen LogP contribution >= 0.6 is 0 Å². The molecule has 0 radical (unpaired) electrons. The molecule has 3 aliphatic rings. The molecule has 0 unspecified atom stereocenters. The summed E-state index contributed by atoms with van der Waals surface area (Å²) in [5.41, 5.74) is 1.15. The number of hydrogen-bond acceptors (Lipinski definition) is 3. The van der Waals surface area contributed by atoms with Gasteiger partial charge in [0.25, 0.3) is 0 Å². The molecule has 3 nitrogen and oxygen atoms in total. The number of halogens is 1. The molecule has 0 aromatic heterocycles. The minimum Gasteiger partial charge on any atom is -0.494 e. The molecule has 0 saturated heterocycles. The maximum atomic E-state index is 16.0. The fraction of sp³-hybridized carbons (Fsp3) is 0.594. The number of benzene rings is 2. The summed E-state index contributed by atoms with van der Waals surface area (Å²) in [4.78, 5) is 13.6. The van der Waals surface area contributed by atoms with Crippen LogP contribution in [-0.4, -0.2) is 25.2 Å². The van der Waals surface area contributed by atoms with Gasteiger partial charge in [0.05, 0.1) is 24.0 Å². The maximum absolute atomic E-state index is 16.0. The van der Waals surface area contributed by atoms with Gasteiger partial charge < -0.3 is 9.47 Å². The van der Waals surface area contributed by atoms with Crippen LogP contribution in [0, 0.1) is 10.8 Å². The van der Waals surface area contributed by atoms with Gasteiger partial charge in [-0.3, -0.25) is 4.79 Å². The molecule has 3 aliphatic carbocycles. The van der Waals surface area contributed by atoms with Gasteiger partial charge >= 0.3 is 0 Å². The lowest BCUT2D eigenvalue weighted by molar-refractivity contribution is -0.191. The molecule has 0 aliphatic heterocycles. The highest BCUT2D eigenvalue weighted by Gasteiger charge is 2.71. The summed E-state index contributed by atoms with van der Waals surface area (Å²) in [6.07, 6.45) is 7.36. The smallest absolute Gasteiger partial charge is 0.151 e. The summed E-state index contributed by atoms with van der Waals surface area (Å²) in [7, 11) is 0. The number of Topliss-reactive ketones (excluding diaryl/α,β-unsaturated/α-hetero) is 1. The molecule has 2 aromatic rings. The van der Waals surface area contributed by atoms with Crippen LogP contribution in [0.1, 0.15) is 101 Å². The summed E-state index contributed by atoms with van der Waals surface area (Å²) in [6.45, 7) is 5.66. The third-order valence-corrected chi connectivity index (χ3v) is 9.28. The fourth-order valence-corrected chi connectivity index (χ4v) is 7.18. The Morgan fingerprint density at radius 2 is 1.06 bits per heavy atom. The number of carbonyl (C=O) groups excluding carboxylic acids is 1. The topological polar surface area (TPSA) is 35.5 Å². The normalized spacial score (nSPS) is 31.9. The van der Waals surface area contributed by atoms with Crippen LogP contribution < -0.4 is 9.47 Å². The van der Waals surface area contributed by atoms with Crippen LogP contribution in [0.2, 0.25) is 0 Å². The van der Waals surface area contributed by atoms with Crippen molar-refractivity contribution in [2.24, 2.45) is 10.8 Å². The van der Waals surface area contributed by atoms with Crippen LogP contribution in [0.5, 0.6) is 11.5 Å². The van der Waals surface area contributed by atoms with Crippen molar-refractivity contribution in [1.82, 2.24) is 0 Å². The Morgan fingerprint density at radius 3 is 1.36 bits per heavy atom. The van der Waals surface area contributed by atoms with E-state index >= 15 is 4.39 Å². The van der Waals surface area contributed by atoms with E-state index in [9.17, 15) is 4.79 Å². The molecule has 2 spiro atoms. The van der Waals surface area contributed by atoms with Gasteiger partial charge in [0.15, 0.2) is 5.78 Å². The summed E-state index contributed by atoms with van der Waals surface area (Å²) >= 11 is 0. The van der Waals surface area contributed by atoms with Gasteiger partial charge in [0.2, 0.25) is 0 Å². The van der Waals surface area contributed by atoms with Crippen molar-refractivity contribution in [1.29, 1.82) is 0 Å². The van der Waals surface area contributed by atoms with Crippen molar-refractivity contribution in [3.63, 3.8) is 0 Å². The minimum absolute atomic E-state index is 0.242. The van der Waals surface area contributed by atoms with E-state index in [2.05, 4.69) is 38.1 Å². The zero-order valence-electron chi connectivity index (χ0n) is 21.9. The molecule has 2 aromatic carbocycles. The number of carbonyl (C=O) groups is 1. The second kappa shape index (κ2) is 10.6. The summed E-state index contributed by atoms with van der Waals surface area (Å²) < 4.78 is 27.4. The molecule has 3 saturated carbocycles. The summed E-state index contributed by atoms with van der Waals surface area (Å²) in [6, 6.07) is 16.8. The molecule has 0 N–H and O–H groups in total. The molecule has 194 valence electrons. The highest BCUT2D eigenvalue weighted by molar-refractivity contribution is 5.98. The fourth-order valence-electron chi connectivity index (χ4n) is 7.18. The first kappa shape index (κ1) is 25.3. The van der Waals surface area contributed by atoms with Gasteiger partial charge in [-0.05, 0) is 111 Å². The first-order valence-corrected chi connectivity index (χ1v) is 14.2. The van der Waals surface area contributed by atoms with E-state index in [1.54, 1.807) is 0 Å². The van der Waals surface area contributed by atoms with Crippen molar-refractivity contribution < 1.29 is 18.7 Å². The monoisotopic (exact) mass is 492 g/mol.